The fraction of sp³-hybridized carbons (Fsp3) is 0.400. The van der Waals surface area contributed by atoms with Gasteiger partial charge in [-0.2, -0.15) is 0 Å². The number of likely N-dealkylation sites (tertiary alicyclic amines) is 1. The molecule has 2 aromatic heterocycles. The molecule has 5 rings (SSSR count). The molecule has 0 radical (unpaired) electrons. The van der Waals surface area contributed by atoms with E-state index in [9.17, 15) is 13.2 Å². The number of nitrogens with two attached hydrogens (primary N) is 1. The number of piperidine rings is 1. The molecular formula is C25H29N5O4S. The molecule has 2 aliphatic heterocycles. The molecule has 184 valence electrons. The Labute approximate surface area is 204 Å². The molecule has 0 aliphatic carbocycles. The lowest BCUT2D eigenvalue weighted by Crippen LogP contribution is -2.41. The lowest BCUT2D eigenvalue weighted by Gasteiger charge is -2.33. The topological polar surface area (TPSA) is 120 Å². The van der Waals surface area contributed by atoms with Crippen LogP contribution >= 0.6 is 0 Å². The minimum absolute atomic E-state index is 0.0122. The van der Waals surface area contributed by atoms with Gasteiger partial charge in [0.15, 0.2) is 0 Å². The first kappa shape index (κ1) is 23.3. The molecule has 1 saturated heterocycles. The Morgan fingerprint density at radius 1 is 1.29 bits per heavy atom. The minimum atomic E-state index is -3.60. The monoisotopic (exact) mass is 495 g/mol. The van der Waals surface area contributed by atoms with Crippen molar-refractivity contribution in [3.8, 4) is 5.75 Å². The van der Waals surface area contributed by atoms with Crippen molar-refractivity contribution in [2.45, 2.75) is 32.4 Å². The van der Waals surface area contributed by atoms with Gasteiger partial charge in [0, 0.05) is 43.3 Å². The summed E-state index contributed by atoms with van der Waals surface area (Å²) in [7, 11) is -1.66. The summed E-state index contributed by atoms with van der Waals surface area (Å²) in [4.78, 5) is 20.1. The van der Waals surface area contributed by atoms with Gasteiger partial charge in [-0.3, -0.25) is 4.79 Å². The number of aryl methyl sites for hydroxylation is 3. The molecule has 10 heteroatoms. The Morgan fingerprint density at radius 2 is 2.09 bits per heavy atom. The summed E-state index contributed by atoms with van der Waals surface area (Å²) in [6.45, 7) is 5.59. The third-order valence-corrected chi connectivity index (χ3v) is 7.85. The number of amidine groups is 1. The van der Waals surface area contributed by atoms with E-state index >= 15 is 0 Å². The van der Waals surface area contributed by atoms with Crippen molar-refractivity contribution in [3.05, 3.63) is 58.4 Å². The summed E-state index contributed by atoms with van der Waals surface area (Å²) in [5.74, 6) is 0.443. The number of fused-ring (bicyclic) bond motifs is 2. The largest absolute Gasteiger partial charge is 0.492 e. The smallest absolute Gasteiger partial charge is 0.259 e. The zero-order chi connectivity index (χ0) is 24.9. The van der Waals surface area contributed by atoms with Gasteiger partial charge in [-0.25, -0.2) is 13.4 Å². The first-order valence-electron chi connectivity index (χ1n) is 11.7. The van der Waals surface area contributed by atoms with Crippen molar-refractivity contribution in [1.82, 2.24) is 14.5 Å². The molecule has 2 aliphatic rings. The summed E-state index contributed by atoms with van der Waals surface area (Å²) in [6.07, 6.45) is 3.82. The molecule has 1 amide bonds. The van der Waals surface area contributed by atoms with E-state index in [4.69, 9.17) is 10.5 Å². The van der Waals surface area contributed by atoms with Crippen molar-refractivity contribution in [2.24, 2.45) is 23.1 Å². The Hall–Kier alpha value is -3.40. The van der Waals surface area contributed by atoms with Crippen molar-refractivity contribution in [3.63, 3.8) is 0 Å². The second-order valence-electron chi connectivity index (χ2n) is 9.50. The van der Waals surface area contributed by atoms with Crippen molar-refractivity contribution < 1.29 is 17.9 Å². The summed E-state index contributed by atoms with van der Waals surface area (Å²) >= 11 is 0. The second-order valence-corrected chi connectivity index (χ2v) is 11.1. The highest BCUT2D eigenvalue weighted by Crippen LogP contribution is 2.30. The Bertz CT molecular complexity index is 1470. The SMILES string of the molecule is Cc1cc(C(=O)N2CCC[C@H](COc3cccc4c3C(N)=NS(=O)(=O)C4)C2)c2c(C)cn(C)c2n1. The number of ether oxygens (including phenoxy) is 1. The van der Waals surface area contributed by atoms with E-state index in [0.717, 1.165) is 35.1 Å². The number of carbonyl (C=O) groups is 1. The quantitative estimate of drug-likeness (QED) is 0.594. The summed E-state index contributed by atoms with van der Waals surface area (Å²) < 4.78 is 35.6. The van der Waals surface area contributed by atoms with E-state index < -0.39 is 10.0 Å². The van der Waals surface area contributed by atoms with Crippen molar-refractivity contribution in [2.75, 3.05) is 19.7 Å². The van der Waals surface area contributed by atoms with Crippen LogP contribution in [0.25, 0.3) is 11.0 Å². The van der Waals surface area contributed by atoms with Gasteiger partial charge in [0.05, 0.1) is 23.5 Å². The van der Waals surface area contributed by atoms with Gasteiger partial charge in [0.1, 0.15) is 17.2 Å². The lowest BCUT2D eigenvalue weighted by atomic mass is 9.97. The third kappa shape index (κ3) is 4.38. The predicted octanol–water partition coefficient (Wildman–Crippen LogP) is 2.67. The Kier molecular flexibility index (Phi) is 5.79. The van der Waals surface area contributed by atoms with Crippen LogP contribution in [0.3, 0.4) is 0 Å². The molecule has 3 aromatic rings. The molecular weight excluding hydrogens is 466 g/mol. The summed E-state index contributed by atoms with van der Waals surface area (Å²) in [5, 5.41) is 0.905. The number of amides is 1. The van der Waals surface area contributed by atoms with Crippen molar-refractivity contribution in [1.29, 1.82) is 0 Å². The van der Waals surface area contributed by atoms with Gasteiger partial charge in [0.2, 0.25) is 0 Å². The maximum Gasteiger partial charge on any atom is 0.259 e. The van der Waals surface area contributed by atoms with Crippen LogP contribution in [-0.2, 0) is 22.8 Å². The van der Waals surface area contributed by atoms with Gasteiger partial charge < -0.3 is 19.9 Å². The lowest BCUT2D eigenvalue weighted by molar-refractivity contribution is 0.0635. The van der Waals surface area contributed by atoms with Crippen LogP contribution in [0.15, 0.2) is 34.9 Å². The number of benzene rings is 1. The molecule has 35 heavy (non-hydrogen) atoms. The fourth-order valence-corrected chi connectivity index (χ4v) is 6.27. The molecule has 9 nitrogen and oxygen atoms in total. The summed E-state index contributed by atoms with van der Waals surface area (Å²) in [5.41, 5.74) is 10.4. The van der Waals surface area contributed by atoms with E-state index in [0.29, 0.717) is 42.1 Å². The van der Waals surface area contributed by atoms with Crippen LogP contribution in [0.5, 0.6) is 5.75 Å². The number of rotatable bonds is 4. The molecule has 0 spiro atoms. The average Bonchev–Trinajstić information content (AvgIpc) is 3.08. The maximum atomic E-state index is 13.6. The van der Waals surface area contributed by atoms with Gasteiger partial charge >= 0.3 is 0 Å². The van der Waals surface area contributed by atoms with E-state index in [-0.39, 0.29) is 23.4 Å². The summed E-state index contributed by atoms with van der Waals surface area (Å²) in [6, 6.07) is 7.15. The van der Waals surface area contributed by atoms with Gasteiger partial charge in [-0.15, -0.1) is 4.40 Å². The number of hydrogen-bond acceptors (Lipinski definition) is 6. The normalized spacial score (nSPS) is 19.3. The number of nitrogens with zero attached hydrogens (tertiary/aromatic N) is 4. The van der Waals surface area contributed by atoms with Crippen LogP contribution in [0.2, 0.25) is 0 Å². The number of hydrogen-bond donors (Lipinski definition) is 1. The van der Waals surface area contributed by atoms with E-state index in [1.54, 1.807) is 18.2 Å². The molecule has 0 unspecified atom stereocenters. The molecule has 4 heterocycles. The van der Waals surface area contributed by atoms with E-state index in [2.05, 4.69) is 9.38 Å². The molecule has 2 N–H and O–H groups in total. The fourth-order valence-electron chi connectivity index (χ4n) is 5.18. The van der Waals surface area contributed by atoms with Crippen LogP contribution < -0.4 is 10.5 Å². The zero-order valence-corrected chi connectivity index (χ0v) is 20.9. The zero-order valence-electron chi connectivity index (χ0n) is 20.1. The maximum absolute atomic E-state index is 13.6. The van der Waals surface area contributed by atoms with Crippen LogP contribution in [-0.4, -0.2) is 54.3 Å². The van der Waals surface area contributed by atoms with Crippen molar-refractivity contribution >= 4 is 32.8 Å². The number of sulfonamides is 1. The minimum Gasteiger partial charge on any atom is -0.492 e. The molecule has 1 fully saturated rings. The first-order valence-corrected chi connectivity index (χ1v) is 13.3. The number of carbonyl (C=O) groups excluding carboxylic acids is 1. The standard InChI is InChI=1S/C25H29N5O4S/c1-15-11-29(3)24-21(15)19(10-16(2)27-24)25(31)30-9-5-6-17(12-30)13-34-20-8-4-7-18-14-35(32,33)28-23(26)22(18)20/h4,7-8,10-11,17H,5-6,9,12-14H2,1-3H3,(H2,26,28)/t17-/m0/s1. The number of aromatic nitrogens is 2. The van der Waals surface area contributed by atoms with Crippen LogP contribution in [0, 0.1) is 19.8 Å². The molecule has 1 atom stereocenters. The molecule has 0 bridgehead atoms. The van der Waals surface area contributed by atoms with Gasteiger partial charge in [-0.1, -0.05) is 12.1 Å². The van der Waals surface area contributed by atoms with Crippen LogP contribution in [0.4, 0.5) is 0 Å². The van der Waals surface area contributed by atoms with Crippen LogP contribution in [0.1, 0.15) is 45.6 Å². The highest BCUT2D eigenvalue weighted by Gasteiger charge is 2.29. The molecule has 1 aromatic carbocycles. The second kappa shape index (κ2) is 8.67. The Balaban J connectivity index is 1.34. The molecule has 0 saturated carbocycles. The highest BCUT2D eigenvalue weighted by atomic mass is 32.2. The van der Waals surface area contributed by atoms with Gasteiger partial charge in [0.25, 0.3) is 15.9 Å². The third-order valence-electron chi connectivity index (χ3n) is 6.70. The van der Waals surface area contributed by atoms with E-state index in [1.165, 1.54) is 0 Å². The average molecular weight is 496 g/mol. The Morgan fingerprint density at radius 3 is 2.89 bits per heavy atom. The highest BCUT2D eigenvalue weighted by molar-refractivity contribution is 7.89. The van der Waals surface area contributed by atoms with E-state index in [1.807, 2.05) is 42.6 Å². The predicted molar refractivity (Wildman–Crippen MR) is 134 cm³/mol. The number of pyridine rings is 1. The first-order chi connectivity index (χ1) is 16.6. The van der Waals surface area contributed by atoms with Gasteiger partial charge in [-0.05, 0) is 49.9 Å².